The number of carbonyl (C=O) groups is 1. The van der Waals surface area contributed by atoms with E-state index in [4.69, 9.17) is 4.74 Å². The number of aromatic nitrogens is 4. The van der Waals surface area contributed by atoms with Gasteiger partial charge in [0.25, 0.3) is 5.56 Å². The maximum Gasteiger partial charge on any atom is 0.262 e. The fourth-order valence-corrected chi connectivity index (χ4v) is 9.36. The SMILES string of the molecule is COc1cccc(-n2ccc3c(=O)n(CC4(O)CCN(C(=O)[C@@H]5CCN(Cc6cnc(-c7cccs7)s6)C[C@H]5c5ccccc5)CC4)cnc32)c1. The molecule has 1 N–H and O–H groups in total. The van der Waals surface area contributed by atoms with E-state index in [-0.39, 0.29) is 29.8 Å². The van der Waals surface area contributed by atoms with Gasteiger partial charge in [-0.3, -0.25) is 19.1 Å². The fourth-order valence-electron chi connectivity index (χ4n) is 7.60. The van der Waals surface area contributed by atoms with Crippen LogP contribution in [0.3, 0.4) is 0 Å². The van der Waals surface area contributed by atoms with Gasteiger partial charge in [-0.15, -0.1) is 22.7 Å². The van der Waals surface area contributed by atoms with Crippen molar-refractivity contribution in [3.8, 4) is 21.3 Å². The van der Waals surface area contributed by atoms with Crippen LogP contribution in [0.25, 0.3) is 26.6 Å². The summed E-state index contributed by atoms with van der Waals surface area (Å²) < 4.78 is 8.73. The number of thiophene rings is 1. The van der Waals surface area contributed by atoms with Crippen LogP contribution in [0, 0.1) is 5.92 Å². The molecule has 2 fully saturated rings. The summed E-state index contributed by atoms with van der Waals surface area (Å²) in [6.45, 7) is 3.46. The first-order valence-electron chi connectivity index (χ1n) is 17.4. The number of likely N-dealkylation sites (tertiary alicyclic amines) is 2. The van der Waals surface area contributed by atoms with Gasteiger partial charge in [0.1, 0.15) is 17.1 Å². The number of aliphatic hydroxyl groups is 1. The minimum atomic E-state index is -1.12. The van der Waals surface area contributed by atoms with Crippen LogP contribution in [-0.4, -0.2) is 78.8 Å². The minimum Gasteiger partial charge on any atom is -0.497 e. The van der Waals surface area contributed by atoms with Crippen molar-refractivity contribution in [2.45, 2.75) is 43.9 Å². The van der Waals surface area contributed by atoms with E-state index in [1.807, 2.05) is 52.2 Å². The summed E-state index contributed by atoms with van der Waals surface area (Å²) in [4.78, 5) is 43.9. The van der Waals surface area contributed by atoms with E-state index in [0.717, 1.165) is 36.8 Å². The molecule has 1 amide bonds. The number of piperidine rings is 2. The van der Waals surface area contributed by atoms with Crippen molar-refractivity contribution in [3.05, 3.63) is 118 Å². The lowest BCUT2D eigenvalue weighted by atomic mass is 9.79. The van der Waals surface area contributed by atoms with Gasteiger partial charge in [-0.25, -0.2) is 9.97 Å². The van der Waals surface area contributed by atoms with E-state index >= 15 is 0 Å². The molecule has 262 valence electrons. The Bertz CT molecular complexity index is 2190. The number of ether oxygens (including phenoxy) is 1. The highest BCUT2D eigenvalue weighted by Crippen LogP contribution is 2.37. The third-order valence-electron chi connectivity index (χ3n) is 10.4. The molecule has 2 atom stereocenters. The quantitative estimate of drug-likeness (QED) is 0.194. The summed E-state index contributed by atoms with van der Waals surface area (Å²) in [6.07, 6.45) is 6.88. The van der Waals surface area contributed by atoms with E-state index in [1.54, 1.807) is 35.8 Å². The van der Waals surface area contributed by atoms with E-state index in [9.17, 15) is 14.7 Å². The van der Waals surface area contributed by atoms with Gasteiger partial charge in [0.2, 0.25) is 5.91 Å². The second-order valence-corrected chi connectivity index (χ2v) is 15.7. The Kier molecular flexibility index (Phi) is 9.32. The van der Waals surface area contributed by atoms with Gasteiger partial charge >= 0.3 is 0 Å². The van der Waals surface area contributed by atoms with Crippen LogP contribution in [0.2, 0.25) is 0 Å². The van der Waals surface area contributed by atoms with E-state index in [1.165, 1.54) is 26.2 Å². The number of rotatable bonds is 9. The number of methoxy groups -OCH3 is 1. The van der Waals surface area contributed by atoms with Crippen molar-refractivity contribution < 1.29 is 14.6 Å². The van der Waals surface area contributed by atoms with Gasteiger partial charge in [-0.05, 0) is 61.0 Å². The summed E-state index contributed by atoms with van der Waals surface area (Å²) in [6, 6.07) is 23.9. The number of nitrogens with zero attached hydrogens (tertiary/aromatic N) is 6. The predicted molar refractivity (Wildman–Crippen MR) is 201 cm³/mol. The molecular weight excluding hydrogens is 681 g/mol. The molecule has 0 aliphatic carbocycles. The lowest BCUT2D eigenvalue weighted by Gasteiger charge is -2.43. The van der Waals surface area contributed by atoms with Gasteiger partial charge in [-0.2, -0.15) is 0 Å². The lowest BCUT2D eigenvalue weighted by molar-refractivity contribution is -0.142. The Morgan fingerprint density at radius 3 is 2.65 bits per heavy atom. The summed E-state index contributed by atoms with van der Waals surface area (Å²) in [5, 5.41) is 15.3. The van der Waals surface area contributed by atoms with Gasteiger partial charge in [0, 0.05) is 61.4 Å². The molecule has 6 heterocycles. The van der Waals surface area contributed by atoms with Gasteiger partial charge < -0.3 is 19.3 Å². The third kappa shape index (κ3) is 6.88. The van der Waals surface area contributed by atoms with Crippen molar-refractivity contribution in [3.63, 3.8) is 0 Å². The zero-order valence-electron chi connectivity index (χ0n) is 28.4. The molecule has 0 spiro atoms. The van der Waals surface area contributed by atoms with Gasteiger partial charge in [0.05, 0.1) is 35.2 Å². The van der Waals surface area contributed by atoms with Crippen LogP contribution >= 0.6 is 22.7 Å². The number of thiazole rings is 1. The van der Waals surface area contributed by atoms with E-state index in [2.05, 4.69) is 56.6 Å². The Balaban J connectivity index is 0.932. The topological polar surface area (TPSA) is 106 Å². The number of hydrogen-bond acceptors (Lipinski definition) is 9. The highest BCUT2D eigenvalue weighted by atomic mass is 32.1. The number of carbonyl (C=O) groups excluding carboxylic acids is 1. The van der Waals surface area contributed by atoms with Crippen molar-refractivity contribution in [1.82, 2.24) is 28.9 Å². The molecule has 51 heavy (non-hydrogen) atoms. The smallest absolute Gasteiger partial charge is 0.262 e. The first kappa shape index (κ1) is 33.5. The Morgan fingerprint density at radius 1 is 1.02 bits per heavy atom. The highest BCUT2D eigenvalue weighted by Gasteiger charge is 2.41. The van der Waals surface area contributed by atoms with E-state index in [0.29, 0.717) is 42.7 Å². The van der Waals surface area contributed by atoms with Crippen molar-refractivity contribution in [2.75, 3.05) is 33.3 Å². The van der Waals surface area contributed by atoms with Crippen LogP contribution in [0.15, 0.2) is 102 Å². The summed E-state index contributed by atoms with van der Waals surface area (Å²) in [7, 11) is 1.62. The number of hydrogen-bond donors (Lipinski definition) is 1. The van der Waals surface area contributed by atoms with E-state index < -0.39 is 5.60 Å². The molecule has 4 aromatic heterocycles. The lowest BCUT2D eigenvalue weighted by Crippen LogP contribution is -2.53. The zero-order chi connectivity index (χ0) is 35.0. The zero-order valence-corrected chi connectivity index (χ0v) is 30.1. The normalized spacial score (nSPS) is 19.4. The molecular formula is C39H40N6O4S2. The van der Waals surface area contributed by atoms with Crippen molar-refractivity contribution in [1.29, 1.82) is 0 Å². The Labute approximate surface area is 304 Å². The molecule has 12 heteroatoms. The molecule has 2 aliphatic heterocycles. The van der Waals surface area contributed by atoms with Gasteiger partial charge in [-0.1, -0.05) is 42.5 Å². The first-order valence-corrected chi connectivity index (χ1v) is 19.0. The van der Waals surface area contributed by atoms with Crippen molar-refractivity contribution in [2.24, 2.45) is 5.92 Å². The highest BCUT2D eigenvalue weighted by molar-refractivity contribution is 7.20. The molecule has 6 aromatic rings. The van der Waals surface area contributed by atoms with Crippen LogP contribution in [0.4, 0.5) is 0 Å². The van der Waals surface area contributed by atoms with Crippen LogP contribution in [-0.2, 0) is 17.9 Å². The van der Waals surface area contributed by atoms with Crippen LogP contribution in [0.5, 0.6) is 5.75 Å². The molecule has 0 unspecified atom stereocenters. The average Bonchev–Trinajstić information content (AvgIpc) is 3.95. The molecule has 0 bridgehead atoms. The molecule has 2 saturated heterocycles. The third-order valence-corrected chi connectivity index (χ3v) is 12.4. The van der Waals surface area contributed by atoms with Crippen LogP contribution < -0.4 is 10.3 Å². The first-order chi connectivity index (χ1) is 24.9. The maximum atomic E-state index is 14.2. The molecule has 2 aliphatic rings. The molecule has 10 nitrogen and oxygen atoms in total. The number of benzene rings is 2. The molecule has 8 rings (SSSR count). The van der Waals surface area contributed by atoms with Crippen LogP contribution in [0.1, 0.15) is 35.6 Å². The summed E-state index contributed by atoms with van der Waals surface area (Å²) in [5.74, 6) is 0.799. The van der Waals surface area contributed by atoms with Crippen molar-refractivity contribution >= 4 is 39.6 Å². The monoisotopic (exact) mass is 720 g/mol. The second kappa shape index (κ2) is 14.2. The number of fused-ring (bicyclic) bond motifs is 1. The summed E-state index contributed by atoms with van der Waals surface area (Å²) in [5.41, 5.74) is 1.25. The average molecular weight is 721 g/mol. The summed E-state index contributed by atoms with van der Waals surface area (Å²) >= 11 is 3.45. The second-order valence-electron chi connectivity index (χ2n) is 13.6. The Hall–Kier alpha value is -4.62. The van der Waals surface area contributed by atoms with Gasteiger partial charge in [0.15, 0.2) is 5.65 Å². The fraction of sp³-hybridized carbons (Fsp3) is 0.333. The number of amides is 1. The molecule has 0 saturated carbocycles. The largest absolute Gasteiger partial charge is 0.497 e. The Morgan fingerprint density at radius 2 is 1.86 bits per heavy atom. The molecule has 2 aromatic carbocycles. The standard InChI is InChI=1S/C39H40N6O4S2/c1-49-29-10-5-9-28(21-29)45-17-13-32-35(45)41-26-44(38(32)47)25-39(48)14-18-43(19-15-39)37(46)31-12-16-42(24-33(31)27-7-3-2-4-8-27)23-30-22-40-36(51-30)34-11-6-20-50-34/h2-11,13,17,20-22,26,31,33,48H,12,14-16,18-19,23-25H2,1H3/t31-,33+/m1/s1. The predicted octanol–water partition coefficient (Wildman–Crippen LogP) is 6.04. The maximum absolute atomic E-state index is 14.2. The minimum absolute atomic E-state index is 0.0682. The molecule has 0 radical (unpaired) electrons.